The fourth-order valence-corrected chi connectivity index (χ4v) is 2.45. The molecule has 0 bridgehead atoms. The second-order valence-corrected chi connectivity index (χ2v) is 5.58. The van der Waals surface area contributed by atoms with E-state index in [1.807, 2.05) is 30.6 Å². The SMILES string of the molecule is CCCCCCCCCCOc1ccccc1CC[C]=O. The van der Waals surface area contributed by atoms with Gasteiger partial charge in [0.25, 0.3) is 0 Å². The molecule has 1 radical (unpaired) electrons. The first kappa shape index (κ1) is 17.7. The molecule has 0 aliphatic carbocycles. The molecule has 1 rings (SSSR count). The highest BCUT2D eigenvalue weighted by Crippen LogP contribution is 2.19. The summed E-state index contributed by atoms with van der Waals surface area (Å²) in [4.78, 5) is 10.4. The molecule has 2 nitrogen and oxygen atoms in total. The van der Waals surface area contributed by atoms with Gasteiger partial charge in [-0.3, -0.25) is 4.79 Å². The van der Waals surface area contributed by atoms with Gasteiger partial charge in [0.1, 0.15) is 5.75 Å². The summed E-state index contributed by atoms with van der Waals surface area (Å²) in [5.74, 6) is 0.927. The van der Waals surface area contributed by atoms with E-state index in [4.69, 9.17) is 4.74 Å². The maximum atomic E-state index is 10.4. The topological polar surface area (TPSA) is 26.3 Å². The van der Waals surface area contributed by atoms with Crippen molar-refractivity contribution >= 4 is 6.29 Å². The fraction of sp³-hybridized carbons (Fsp3) is 0.632. The Morgan fingerprint density at radius 3 is 2.33 bits per heavy atom. The van der Waals surface area contributed by atoms with Crippen molar-refractivity contribution < 1.29 is 9.53 Å². The lowest BCUT2D eigenvalue weighted by molar-refractivity contribution is 0.301. The Hall–Kier alpha value is -1.31. The predicted molar refractivity (Wildman–Crippen MR) is 88.6 cm³/mol. The molecule has 0 unspecified atom stereocenters. The zero-order valence-electron chi connectivity index (χ0n) is 13.4. The van der Waals surface area contributed by atoms with Gasteiger partial charge in [-0.1, -0.05) is 70.1 Å². The van der Waals surface area contributed by atoms with Gasteiger partial charge in [-0.2, -0.15) is 0 Å². The van der Waals surface area contributed by atoms with Crippen LogP contribution in [0.4, 0.5) is 0 Å². The molecular formula is C19H29O2. The van der Waals surface area contributed by atoms with Crippen molar-refractivity contribution in [1.29, 1.82) is 0 Å². The Morgan fingerprint density at radius 1 is 0.952 bits per heavy atom. The molecule has 0 aliphatic heterocycles. The largest absolute Gasteiger partial charge is 0.493 e. The van der Waals surface area contributed by atoms with Crippen LogP contribution in [0.15, 0.2) is 24.3 Å². The van der Waals surface area contributed by atoms with Crippen molar-refractivity contribution in [3.63, 3.8) is 0 Å². The molecule has 0 aliphatic rings. The molecule has 117 valence electrons. The normalized spacial score (nSPS) is 10.5. The molecule has 0 saturated carbocycles. The van der Waals surface area contributed by atoms with E-state index in [-0.39, 0.29) is 0 Å². The third-order valence-electron chi connectivity index (χ3n) is 3.72. The molecule has 2 heteroatoms. The first-order chi connectivity index (χ1) is 10.4. The van der Waals surface area contributed by atoms with Crippen LogP contribution >= 0.6 is 0 Å². The summed E-state index contributed by atoms with van der Waals surface area (Å²) < 4.78 is 5.85. The third-order valence-corrected chi connectivity index (χ3v) is 3.72. The Kier molecular flexibility index (Phi) is 10.5. The van der Waals surface area contributed by atoms with Crippen LogP contribution in [0.1, 0.15) is 70.3 Å². The summed E-state index contributed by atoms with van der Waals surface area (Å²) in [6.45, 7) is 3.03. The molecule has 0 saturated heterocycles. The highest BCUT2D eigenvalue weighted by atomic mass is 16.5. The van der Waals surface area contributed by atoms with E-state index in [1.165, 1.54) is 44.9 Å². The van der Waals surface area contributed by atoms with Gasteiger partial charge in [0, 0.05) is 6.42 Å². The van der Waals surface area contributed by atoms with Crippen LogP contribution in [0.5, 0.6) is 5.75 Å². The van der Waals surface area contributed by atoms with Gasteiger partial charge in [-0.25, -0.2) is 0 Å². The Labute approximate surface area is 129 Å². The molecule has 0 amide bonds. The molecule has 0 N–H and O–H groups in total. The molecule has 0 atom stereocenters. The minimum atomic E-state index is 0.443. The summed E-state index contributed by atoms with van der Waals surface area (Å²) in [6, 6.07) is 7.99. The van der Waals surface area contributed by atoms with Crippen molar-refractivity contribution in [3.8, 4) is 5.75 Å². The second-order valence-electron chi connectivity index (χ2n) is 5.58. The highest BCUT2D eigenvalue weighted by Gasteiger charge is 2.02. The number of hydrogen-bond donors (Lipinski definition) is 0. The molecule has 21 heavy (non-hydrogen) atoms. The summed E-state index contributed by atoms with van der Waals surface area (Å²) in [6.07, 6.45) is 13.6. The van der Waals surface area contributed by atoms with Crippen molar-refractivity contribution in [3.05, 3.63) is 29.8 Å². The smallest absolute Gasteiger partial charge is 0.198 e. The summed E-state index contributed by atoms with van der Waals surface area (Å²) in [5.41, 5.74) is 1.11. The van der Waals surface area contributed by atoms with Gasteiger partial charge in [0.15, 0.2) is 6.29 Å². The summed E-state index contributed by atoms with van der Waals surface area (Å²) in [7, 11) is 0. The lowest BCUT2D eigenvalue weighted by atomic mass is 10.1. The predicted octanol–water partition coefficient (Wildman–Crippen LogP) is 5.25. The average molecular weight is 289 g/mol. The minimum Gasteiger partial charge on any atom is -0.493 e. The number of para-hydroxylation sites is 1. The maximum absolute atomic E-state index is 10.4. The standard InChI is InChI=1S/C19H29O2/c1-2-3-4-5-6-7-8-11-17-21-19-15-10-9-13-18(19)14-12-16-20/h9-10,13,15H,2-8,11-12,14,17H2,1H3. The van der Waals surface area contributed by atoms with E-state index in [9.17, 15) is 4.79 Å². The molecule has 0 spiro atoms. The number of unbranched alkanes of at least 4 members (excludes halogenated alkanes) is 7. The van der Waals surface area contributed by atoms with E-state index in [0.29, 0.717) is 6.42 Å². The second kappa shape index (κ2) is 12.4. The fourth-order valence-electron chi connectivity index (χ4n) is 2.45. The van der Waals surface area contributed by atoms with Crippen LogP contribution in [0.3, 0.4) is 0 Å². The Bertz CT molecular complexity index is 374. The van der Waals surface area contributed by atoms with Crippen LogP contribution < -0.4 is 4.74 Å². The average Bonchev–Trinajstić information content (AvgIpc) is 2.52. The number of carbonyl (C=O) groups excluding carboxylic acids is 1. The van der Waals surface area contributed by atoms with Gasteiger partial charge in [0.2, 0.25) is 0 Å². The van der Waals surface area contributed by atoms with Gasteiger partial charge in [-0.05, 0) is 24.5 Å². The molecule has 0 fully saturated rings. The number of rotatable bonds is 13. The Balaban J connectivity index is 2.11. The number of aryl methyl sites for hydroxylation is 1. The van der Waals surface area contributed by atoms with Gasteiger partial charge < -0.3 is 4.74 Å². The summed E-state index contributed by atoms with van der Waals surface area (Å²) >= 11 is 0. The van der Waals surface area contributed by atoms with Crippen LogP contribution in [0.25, 0.3) is 0 Å². The lowest BCUT2D eigenvalue weighted by Gasteiger charge is -2.10. The molecule has 1 aromatic carbocycles. The van der Waals surface area contributed by atoms with E-state index >= 15 is 0 Å². The first-order valence-corrected chi connectivity index (χ1v) is 8.44. The third kappa shape index (κ3) is 8.54. The highest BCUT2D eigenvalue weighted by molar-refractivity contribution is 5.51. The minimum absolute atomic E-state index is 0.443. The zero-order valence-corrected chi connectivity index (χ0v) is 13.4. The van der Waals surface area contributed by atoms with E-state index in [1.54, 1.807) is 0 Å². The van der Waals surface area contributed by atoms with Crippen molar-refractivity contribution in [2.24, 2.45) is 0 Å². The lowest BCUT2D eigenvalue weighted by Crippen LogP contribution is -2.00. The van der Waals surface area contributed by atoms with Crippen LogP contribution in [0.2, 0.25) is 0 Å². The number of benzene rings is 1. The number of hydrogen-bond acceptors (Lipinski definition) is 2. The molecule has 0 heterocycles. The van der Waals surface area contributed by atoms with Crippen LogP contribution in [-0.2, 0) is 11.2 Å². The Morgan fingerprint density at radius 2 is 1.62 bits per heavy atom. The van der Waals surface area contributed by atoms with Crippen molar-refractivity contribution in [2.75, 3.05) is 6.61 Å². The monoisotopic (exact) mass is 289 g/mol. The van der Waals surface area contributed by atoms with Gasteiger partial charge in [-0.15, -0.1) is 0 Å². The van der Waals surface area contributed by atoms with Crippen LogP contribution in [-0.4, -0.2) is 12.9 Å². The summed E-state index contributed by atoms with van der Waals surface area (Å²) in [5, 5.41) is 0. The van der Waals surface area contributed by atoms with Gasteiger partial charge >= 0.3 is 0 Å². The quantitative estimate of drug-likeness (QED) is 0.464. The maximum Gasteiger partial charge on any atom is 0.198 e. The molecule has 1 aromatic rings. The first-order valence-electron chi connectivity index (χ1n) is 8.44. The number of ether oxygens (including phenoxy) is 1. The molecular weight excluding hydrogens is 260 g/mol. The van der Waals surface area contributed by atoms with Crippen LogP contribution in [0, 0.1) is 0 Å². The molecule has 0 aromatic heterocycles. The van der Waals surface area contributed by atoms with Crippen molar-refractivity contribution in [1.82, 2.24) is 0 Å². The zero-order chi connectivity index (χ0) is 15.2. The van der Waals surface area contributed by atoms with Gasteiger partial charge in [0.05, 0.1) is 6.61 Å². The van der Waals surface area contributed by atoms with E-state index < -0.39 is 0 Å². The van der Waals surface area contributed by atoms with E-state index in [0.717, 1.165) is 30.8 Å². The van der Waals surface area contributed by atoms with E-state index in [2.05, 4.69) is 6.92 Å². The van der Waals surface area contributed by atoms with Crippen molar-refractivity contribution in [2.45, 2.75) is 71.1 Å².